The van der Waals surface area contributed by atoms with Crippen molar-refractivity contribution < 1.29 is 42.3 Å². The SMILES string of the molecule is O=C(O)C(F)(F)F.O=C(O)CCSSCCNC(=O)CCc1nc(-c2ccc(Cl)cc2)no1. The standard InChI is InChI=1S/C16H18ClN3O4S2.C2HF3O2/c17-12-3-1-11(2-4-12)16-19-14(24-20-16)6-5-13(21)18-8-10-26-25-9-7-15(22)23;3-2(4,5)1(6)7/h1-4H,5-10H2,(H,18,21)(H,22,23);(H,6,7). The average Bonchev–Trinajstić information content (AvgIpc) is 3.20. The summed E-state index contributed by atoms with van der Waals surface area (Å²) in [6.45, 7) is 0.531. The third-order valence-electron chi connectivity index (χ3n) is 3.37. The largest absolute Gasteiger partial charge is 0.490 e. The summed E-state index contributed by atoms with van der Waals surface area (Å²) < 4.78 is 36.9. The Morgan fingerprint density at radius 1 is 1.06 bits per heavy atom. The normalized spacial score (nSPS) is 10.8. The molecule has 1 aromatic heterocycles. The van der Waals surface area contributed by atoms with E-state index in [1.807, 2.05) is 0 Å². The van der Waals surface area contributed by atoms with Crippen molar-refractivity contribution in [2.75, 3.05) is 18.1 Å². The highest BCUT2D eigenvalue weighted by molar-refractivity contribution is 8.76. The lowest BCUT2D eigenvalue weighted by Crippen LogP contribution is -2.25. The second-order valence-electron chi connectivity index (χ2n) is 5.96. The molecule has 0 atom stereocenters. The van der Waals surface area contributed by atoms with E-state index in [2.05, 4.69) is 15.5 Å². The Kier molecular flexibility index (Phi) is 12.7. The van der Waals surface area contributed by atoms with E-state index < -0.39 is 18.1 Å². The third kappa shape index (κ3) is 13.0. The molecule has 33 heavy (non-hydrogen) atoms. The first-order valence-corrected chi connectivity index (χ1v) is 12.0. The number of carbonyl (C=O) groups is 3. The van der Waals surface area contributed by atoms with Crippen molar-refractivity contribution in [1.29, 1.82) is 0 Å². The minimum Gasteiger partial charge on any atom is -0.481 e. The van der Waals surface area contributed by atoms with Crippen LogP contribution in [0, 0.1) is 0 Å². The lowest BCUT2D eigenvalue weighted by atomic mass is 10.2. The summed E-state index contributed by atoms with van der Waals surface area (Å²) in [5.74, 6) is -1.50. The number of nitrogens with one attached hydrogen (secondary N) is 1. The summed E-state index contributed by atoms with van der Waals surface area (Å²) in [6.07, 6.45) is -4.31. The molecular weight excluding hydrogens is 511 g/mol. The van der Waals surface area contributed by atoms with Crippen LogP contribution in [0.2, 0.25) is 5.02 Å². The Bertz CT molecular complexity index is 913. The van der Waals surface area contributed by atoms with E-state index in [4.69, 9.17) is 31.1 Å². The van der Waals surface area contributed by atoms with Gasteiger partial charge in [0, 0.05) is 41.5 Å². The first-order valence-electron chi connectivity index (χ1n) is 9.10. The van der Waals surface area contributed by atoms with Crippen molar-refractivity contribution in [3.8, 4) is 11.4 Å². The number of amides is 1. The van der Waals surface area contributed by atoms with Crippen molar-refractivity contribution in [2.24, 2.45) is 0 Å². The number of nitrogens with zero attached hydrogens (tertiary/aromatic N) is 2. The minimum atomic E-state index is -5.08. The van der Waals surface area contributed by atoms with Gasteiger partial charge in [-0.3, -0.25) is 9.59 Å². The molecule has 0 saturated carbocycles. The number of carboxylic acids is 2. The van der Waals surface area contributed by atoms with E-state index in [9.17, 15) is 22.8 Å². The molecule has 2 rings (SSSR count). The molecule has 0 fully saturated rings. The van der Waals surface area contributed by atoms with E-state index in [-0.39, 0.29) is 18.7 Å². The number of carbonyl (C=O) groups excluding carboxylic acids is 1. The van der Waals surface area contributed by atoms with Gasteiger partial charge in [-0.1, -0.05) is 38.3 Å². The van der Waals surface area contributed by atoms with Crippen LogP contribution in [0.25, 0.3) is 11.4 Å². The molecule has 0 saturated heterocycles. The van der Waals surface area contributed by atoms with E-state index in [0.717, 1.165) is 11.3 Å². The monoisotopic (exact) mass is 529 g/mol. The van der Waals surface area contributed by atoms with Gasteiger partial charge in [-0.25, -0.2) is 4.79 Å². The smallest absolute Gasteiger partial charge is 0.481 e. The fraction of sp³-hybridized carbons (Fsp3) is 0.389. The molecule has 182 valence electrons. The van der Waals surface area contributed by atoms with Gasteiger partial charge in [0.1, 0.15) is 0 Å². The first-order chi connectivity index (χ1) is 15.5. The van der Waals surface area contributed by atoms with E-state index in [1.54, 1.807) is 35.1 Å². The van der Waals surface area contributed by atoms with Crippen LogP contribution in [-0.2, 0) is 20.8 Å². The molecule has 0 aliphatic rings. The number of hydrogen-bond donors (Lipinski definition) is 3. The molecule has 0 spiro atoms. The van der Waals surface area contributed by atoms with E-state index in [0.29, 0.717) is 35.5 Å². The van der Waals surface area contributed by atoms with Crippen LogP contribution in [0.1, 0.15) is 18.7 Å². The summed E-state index contributed by atoms with van der Waals surface area (Å²) in [5, 5.41) is 23.0. The Morgan fingerprint density at radius 3 is 2.24 bits per heavy atom. The zero-order chi connectivity index (χ0) is 24.9. The molecule has 1 amide bonds. The maximum absolute atomic E-state index is 11.8. The lowest BCUT2D eigenvalue weighted by Gasteiger charge is -2.03. The predicted molar refractivity (Wildman–Crippen MR) is 117 cm³/mol. The molecule has 0 bridgehead atoms. The number of benzene rings is 1. The highest BCUT2D eigenvalue weighted by Gasteiger charge is 2.38. The minimum absolute atomic E-state index is 0.0904. The zero-order valence-corrected chi connectivity index (χ0v) is 19.2. The highest BCUT2D eigenvalue weighted by atomic mass is 35.5. The molecule has 0 radical (unpaired) electrons. The van der Waals surface area contributed by atoms with Crippen molar-refractivity contribution in [3.05, 3.63) is 35.2 Å². The van der Waals surface area contributed by atoms with Gasteiger partial charge < -0.3 is 20.1 Å². The predicted octanol–water partition coefficient (Wildman–Crippen LogP) is 3.93. The van der Waals surface area contributed by atoms with Crippen molar-refractivity contribution in [1.82, 2.24) is 15.5 Å². The maximum Gasteiger partial charge on any atom is 0.490 e. The van der Waals surface area contributed by atoms with Crippen molar-refractivity contribution in [2.45, 2.75) is 25.4 Å². The van der Waals surface area contributed by atoms with Gasteiger partial charge in [0.05, 0.1) is 6.42 Å². The molecule has 1 heterocycles. The highest BCUT2D eigenvalue weighted by Crippen LogP contribution is 2.21. The number of halogens is 4. The molecular formula is C18H19ClF3N3O6S2. The molecule has 15 heteroatoms. The summed E-state index contributed by atoms with van der Waals surface area (Å²) in [7, 11) is 3.03. The molecule has 9 nitrogen and oxygen atoms in total. The van der Waals surface area contributed by atoms with Gasteiger partial charge in [0.25, 0.3) is 0 Å². The molecule has 0 unspecified atom stereocenters. The van der Waals surface area contributed by atoms with Crippen molar-refractivity contribution >= 4 is 51.0 Å². The van der Waals surface area contributed by atoms with Crippen LogP contribution < -0.4 is 5.32 Å². The van der Waals surface area contributed by atoms with Crippen LogP contribution >= 0.6 is 33.2 Å². The number of aryl methyl sites for hydroxylation is 1. The van der Waals surface area contributed by atoms with Gasteiger partial charge >= 0.3 is 18.1 Å². The van der Waals surface area contributed by atoms with Crippen LogP contribution in [0.15, 0.2) is 28.8 Å². The summed E-state index contributed by atoms with van der Waals surface area (Å²) >= 11 is 5.84. The van der Waals surface area contributed by atoms with Gasteiger partial charge in [-0.2, -0.15) is 18.2 Å². The Morgan fingerprint density at radius 2 is 1.67 bits per heavy atom. The summed E-state index contributed by atoms with van der Waals surface area (Å²) in [6, 6.07) is 7.10. The number of hydrogen-bond acceptors (Lipinski definition) is 8. The second kappa shape index (κ2) is 14.6. The molecule has 0 aliphatic carbocycles. The average molecular weight is 530 g/mol. The van der Waals surface area contributed by atoms with Crippen molar-refractivity contribution in [3.63, 3.8) is 0 Å². The van der Waals surface area contributed by atoms with Gasteiger partial charge in [-0.15, -0.1) is 0 Å². The number of alkyl halides is 3. The zero-order valence-electron chi connectivity index (χ0n) is 16.8. The number of carboxylic acid groups (broad SMARTS) is 2. The Hall–Kier alpha value is -2.45. The van der Waals surface area contributed by atoms with E-state index >= 15 is 0 Å². The molecule has 0 aliphatic heterocycles. The van der Waals surface area contributed by atoms with Crippen LogP contribution in [0.4, 0.5) is 13.2 Å². The molecule has 3 N–H and O–H groups in total. The van der Waals surface area contributed by atoms with Crippen LogP contribution in [0.3, 0.4) is 0 Å². The number of rotatable bonds is 11. The van der Waals surface area contributed by atoms with Gasteiger partial charge in [-0.05, 0) is 24.3 Å². The van der Waals surface area contributed by atoms with Gasteiger partial charge in [0.15, 0.2) is 0 Å². The fourth-order valence-electron chi connectivity index (χ4n) is 1.86. The Balaban J connectivity index is 0.000000675. The number of aliphatic carboxylic acids is 2. The number of aromatic nitrogens is 2. The summed E-state index contributed by atoms with van der Waals surface area (Å²) in [5.41, 5.74) is 0.797. The topological polar surface area (TPSA) is 143 Å². The second-order valence-corrected chi connectivity index (χ2v) is 9.10. The third-order valence-corrected chi connectivity index (χ3v) is 6.03. The van der Waals surface area contributed by atoms with Crippen LogP contribution in [0.5, 0.6) is 0 Å². The molecule has 1 aromatic carbocycles. The lowest BCUT2D eigenvalue weighted by molar-refractivity contribution is -0.192. The van der Waals surface area contributed by atoms with Crippen LogP contribution in [-0.4, -0.2) is 62.4 Å². The van der Waals surface area contributed by atoms with E-state index in [1.165, 1.54) is 10.8 Å². The Labute approximate surface area is 198 Å². The fourth-order valence-corrected chi connectivity index (χ4v) is 3.87. The first kappa shape index (κ1) is 28.6. The molecule has 2 aromatic rings. The quantitative estimate of drug-likeness (QED) is 0.289. The maximum atomic E-state index is 11.8. The summed E-state index contributed by atoms with van der Waals surface area (Å²) in [4.78, 5) is 35.3. The van der Waals surface area contributed by atoms with Gasteiger partial charge in [0.2, 0.25) is 17.6 Å².